The Balaban J connectivity index is 5.09. The highest BCUT2D eigenvalue weighted by Gasteiger charge is 2.28. The van der Waals surface area contributed by atoms with Crippen molar-refractivity contribution >= 4 is 48.2 Å². The zero-order valence-corrected chi connectivity index (χ0v) is 20.0. The van der Waals surface area contributed by atoms with Crippen LogP contribution >= 0.6 is 12.6 Å². The van der Waals surface area contributed by atoms with Gasteiger partial charge in [0.1, 0.15) is 18.1 Å². The Bertz CT molecular complexity index is 755. The molecule has 0 aliphatic rings. The van der Waals surface area contributed by atoms with Crippen molar-refractivity contribution in [1.82, 2.24) is 16.0 Å². The molecule has 0 saturated heterocycles. The number of amides is 3. The van der Waals surface area contributed by atoms with Crippen molar-refractivity contribution in [2.45, 2.75) is 56.8 Å². The van der Waals surface area contributed by atoms with Gasteiger partial charge in [-0.15, -0.1) is 0 Å². The molecule has 0 aliphatic carbocycles. The van der Waals surface area contributed by atoms with Crippen LogP contribution in [0.5, 0.6) is 0 Å². The fourth-order valence-electron chi connectivity index (χ4n) is 2.54. The van der Waals surface area contributed by atoms with Gasteiger partial charge in [-0.05, 0) is 32.6 Å². The average molecular weight is 505 g/mol. The van der Waals surface area contributed by atoms with Crippen LogP contribution in [0.15, 0.2) is 9.98 Å². The van der Waals surface area contributed by atoms with Gasteiger partial charge in [-0.3, -0.25) is 29.2 Å². The number of thiol groups is 1. The standard InChI is InChI=1S/C18H36N10O5S/c1-9(16(32)33)26-14(30)11(5-3-7-25-18(22)23)27-15(31)12(8-34)28-13(29)10(19)4-2-6-24-17(20)21/h9-12,34H,2-8,19H2,1H3,(H,26,30)(H,27,31)(H,28,29)(H,32,33)(H4,20,21,24)(H4,22,23,25). The fraction of sp³-hybridized carbons (Fsp3) is 0.667. The number of hydrogen-bond acceptors (Lipinski definition) is 8. The summed E-state index contributed by atoms with van der Waals surface area (Å²) in [4.78, 5) is 56.2. The number of carboxylic acids is 1. The Morgan fingerprint density at radius 1 is 0.824 bits per heavy atom. The number of rotatable bonds is 16. The van der Waals surface area contributed by atoms with Crippen LogP contribution in [0.3, 0.4) is 0 Å². The molecule has 0 aromatic rings. The summed E-state index contributed by atoms with van der Waals surface area (Å²) in [5, 5.41) is 16.3. The number of nitrogens with one attached hydrogen (secondary N) is 3. The summed E-state index contributed by atoms with van der Waals surface area (Å²) in [5.41, 5.74) is 26.8. The minimum Gasteiger partial charge on any atom is -0.480 e. The van der Waals surface area contributed by atoms with Gasteiger partial charge >= 0.3 is 5.97 Å². The maximum absolute atomic E-state index is 12.7. The van der Waals surface area contributed by atoms with Gasteiger partial charge in [0.15, 0.2) is 11.9 Å². The molecule has 0 radical (unpaired) electrons. The molecule has 0 fully saturated rings. The van der Waals surface area contributed by atoms with Gasteiger partial charge in [-0.2, -0.15) is 12.6 Å². The Labute approximate surface area is 203 Å². The Morgan fingerprint density at radius 3 is 1.76 bits per heavy atom. The van der Waals surface area contributed by atoms with Crippen LogP contribution in [-0.4, -0.2) is 83.7 Å². The van der Waals surface area contributed by atoms with Gasteiger partial charge in [0.2, 0.25) is 17.7 Å². The third-order valence-electron chi connectivity index (χ3n) is 4.43. The number of carbonyl (C=O) groups is 4. The van der Waals surface area contributed by atoms with Crippen LogP contribution in [0.2, 0.25) is 0 Å². The van der Waals surface area contributed by atoms with Gasteiger partial charge in [0.25, 0.3) is 0 Å². The average Bonchev–Trinajstić information content (AvgIpc) is 2.75. The fourth-order valence-corrected chi connectivity index (χ4v) is 2.80. The summed E-state index contributed by atoms with van der Waals surface area (Å²) in [6, 6.07) is -4.29. The minimum absolute atomic E-state index is 0.0699. The summed E-state index contributed by atoms with van der Waals surface area (Å²) >= 11 is 4.09. The first-order valence-corrected chi connectivity index (χ1v) is 11.1. The highest BCUT2D eigenvalue weighted by atomic mass is 32.1. The lowest BCUT2D eigenvalue weighted by Gasteiger charge is -2.24. The van der Waals surface area contributed by atoms with E-state index in [-0.39, 0.29) is 37.1 Å². The van der Waals surface area contributed by atoms with Crippen LogP contribution in [-0.2, 0) is 19.2 Å². The first kappa shape index (κ1) is 30.7. The van der Waals surface area contributed by atoms with E-state index in [1.165, 1.54) is 6.92 Å². The molecular weight excluding hydrogens is 468 g/mol. The van der Waals surface area contributed by atoms with E-state index in [1.807, 2.05) is 0 Å². The molecule has 0 aromatic heterocycles. The topological polar surface area (TPSA) is 279 Å². The van der Waals surface area contributed by atoms with Gasteiger partial charge < -0.3 is 49.7 Å². The Kier molecular flexibility index (Phi) is 14.8. The molecule has 0 heterocycles. The molecule has 0 aromatic carbocycles. The van der Waals surface area contributed by atoms with Crippen molar-refractivity contribution in [2.75, 3.05) is 18.8 Å². The first-order valence-electron chi connectivity index (χ1n) is 10.5. The van der Waals surface area contributed by atoms with Crippen molar-refractivity contribution in [3.63, 3.8) is 0 Å². The summed E-state index contributed by atoms with van der Waals surface area (Å²) in [6.07, 6.45) is 1.14. The number of nitrogens with two attached hydrogens (primary N) is 5. The molecule has 34 heavy (non-hydrogen) atoms. The molecule has 4 atom stereocenters. The zero-order valence-electron chi connectivity index (χ0n) is 19.1. The molecule has 15 nitrogen and oxygen atoms in total. The summed E-state index contributed by atoms with van der Waals surface area (Å²) < 4.78 is 0. The number of carbonyl (C=O) groups excluding carboxylic acids is 3. The lowest BCUT2D eigenvalue weighted by atomic mass is 10.1. The second-order valence-corrected chi connectivity index (χ2v) is 7.74. The number of nitrogens with zero attached hydrogens (tertiary/aromatic N) is 2. The number of aliphatic imine (C=N–C) groups is 2. The lowest BCUT2D eigenvalue weighted by Crippen LogP contribution is -2.57. The predicted molar refractivity (Wildman–Crippen MR) is 131 cm³/mol. The molecule has 0 bridgehead atoms. The van der Waals surface area contributed by atoms with Crippen molar-refractivity contribution in [3.05, 3.63) is 0 Å². The number of aliphatic carboxylic acids is 1. The number of guanidine groups is 2. The van der Waals surface area contributed by atoms with Crippen LogP contribution in [0, 0.1) is 0 Å². The third-order valence-corrected chi connectivity index (χ3v) is 4.79. The molecular formula is C18H36N10O5S. The SMILES string of the molecule is CC(NC(=O)C(CCCN=C(N)N)NC(=O)C(CS)NC(=O)C(N)CCCN=C(N)N)C(=O)O. The maximum atomic E-state index is 12.7. The molecule has 194 valence electrons. The molecule has 0 aliphatic heterocycles. The monoisotopic (exact) mass is 504 g/mol. The highest BCUT2D eigenvalue weighted by Crippen LogP contribution is 2.03. The van der Waals surface area contributed by atoms with E-state index in [4.69, 9.17) is 33.8 Å². The lowest BCUT2D eigenvalue weighted by molar-refractivity contribution is -0.141. The van der Waals surface area contributed by atoms with Gasteiger partial charge in [-0.25, -0.2) is 0 Å². The zero-order chi connectivity index (χ0) is 26.3. The van der Waals surface area contributed by atoms with Gasteiger partial charge in [-0.1, -0.05) is 0 Å². The van der Waals surface area contributed by atoms with E-state index in [9.17, 15) is 19.2 Å². The van der Waals surface area contributed by atoms with E-state index in [0.29, 0.717) is 19.4 Å². The van der Waals surface area contributed by atoms with Crippen LogP contribution in [0.4, 0.5) is 0 Å². The van der Waals surface area contributed by atoms with E-state index >= 15 is 0 Å². The van der Waals surface area contributed by atoms with E-state index in [0.717, 1.165) is 0 Å². The largest absolute Gasteiger partial charge is 0.480 e. The minimum atomic E-state index is -1.24. The maximum Gasteiger partial charge on any atom is 0.325 e. The molecule has 0 saturated carbocycles. The predicted octanol–water partition coefficient (Wildman–Crippen LogP) is -4.09. The molecule has 3 amide bonds. The first-order chi connectivity index (χ1) is 15.9. The normalized spacial score (nSPS) is 14.0. The highest BCUT2D eigenvalue weighted by molar-refractivity contribution is 7.80. The summed E-state index contributed by atoms with van der Waals surface area (Å²) in [7, 11) is 0. The third kappa shape index (κ3) is 13.3. The Morgan fingerprint density at radius 2 is 1.29 bits per heavy atom. The van der Waals surface area contributed by atoms with E-state index in [1.54, 1.807) is 0 Å². The van der Waals surface area contributed by atoms with E-state index < -0.39 is 47.9 Å². The van der Waals surface area contributed by atoms with Crippen LogP contribution in [0.25, 0.3) is 0 Å². The summed E-state index contributed by atoms with van der Waals surface area (Å²) in [6.45, 7) is 1.77. The Hall–Kier alpha value is -3.27. The quantitative estimate of drug-likeness (QED) is 0.0419. The number of hydrogen-bond donors (Lipinski definition) is 10. The molecule has 0 spiro atoms. The molecule has 16 heteroatoms. The van der Waals surface area contributed by atoms with Crippen molar-refractivity contribution in [3.8, 4) is 0 Å². The van der Waals surface area contributed by atoms with Crippen LogP contribution < -0.4 is 44.6 Å². The second-order valence-electron chi connectivity index (χ2n) is 7.38. The molecule has 14 N–H and O–H groups in total. The second kappa shape index (κ2) is 16.4. The smallest absolute Gasteiger partial charge is 0.325 e. The van der Waals surface area contributed by atoms with Gasteiger partial charge in [0, 0.05) is 18.8 Å². The van der Waals surface area contributed by atoms with Crippen molar-refractivity contribution in [1.29, 1.82) is 0 Å². The van der Waals surface area contributed by atoms with Crippen LogP contribution in [0.1, 0.15) is 32.6 Å². The summed E-state index contributed by atoms with van der Waals surface area (Å²) in [5.74, 6) is -3.52. The molecule has 4 unspecified atom stereocenters. The van der Waals surface area contributed by atoms with Crippen molar-refractivity contribution in [2.24, 2.45) is 38.7 Å². The number of carboxylic acid groups (broad SMARTS) is 1. The van der Waals surface area contributed by atoms with Crippen molar-refractivity contribution < 1.29 is 24.3 Å². The van der Waals surface area contributed by atoms with Gasteiger partial charge in [0.05, 0.1) is 6.04 Å². The van der Waals surface area contributed by atoms with E-state index in [2.05, 4.69) is 38.6 Å². The molecule has 0 rings (SSSR count).